The van der Waals surface area contributed by atoms with Crippen LogP contribution in [0.4, 0.5) is 5.69 Å². The van der Waals surface area contributed by atoms with Crippen molar-refractivity contribution in [2.45, 2.75) is 26.8 Å². The van der Waals surface area contributed by atoms with Crippen LogP contribution < -0.4 is 16.4 Å². The standard InChI is InChI=1S/C23H32N4O2/c1-4-27(5-2)16-15-25-23(29)19-11-13-20(14-12-19)26-22(28)17(3)21(24)18-9-7-6-8-10-18/h6-14,17,21H,4-5,15-16,24H2,1-3H3,(H,25,29)(H,26,28). The molecule has 0 spiro atoms. The molecule has 2 aromatic carbocycles. The maximum atomic E-state index is 12.5. The number of carbonyl (C=O) groups is 2. The number of nitrogens with two attached hydrogens (primary N) is 1. The second-order valence-corrected chi connectivity index (χ2v) is 7.07. The first kappa shape index (κ1) is 22.6. The third-order valence-electron chi connectivity index (χ3n) is 5.16. The summed E-state index contributed by atoms with van der Waals surface area (Å²) in [5.41, 5.74) is 8.36. The molecule has 4 N–H and O–H groups in total. The fourth-order valence-electron chi connectivity index (χ4n) is 3.06. The van der Waals surface area contributed by atoms with Gasteiger partial charge in [-0.3, -0.25) is 9.59 Å². The van der Waals surface area contributed by atoms with E-state index in [-0.39, 0.29) is 23.8 Å². The van der Waals surface area contributed by atoms with Gasteiger partial charge in [0.2, 0.25) is 5.91 Å². The molecule has 0 aliphatic carbocycles. The van der Waals surface area contributed by atoms with E-state index in [0.29, 0.717) is 17.8 Å². The van der Waals surface area contributed by atoms with Crippen molar-refractivity contribution >= 4 is 17.5 Å². The fraction of sp³-hybridized carbons (Fsp3) is 0.391. The average molecular weight is 397 g/mol. The van der Waals surface area contributed by atoms with Crippen molar-refractivity contribution in [3.63, 3.8) is 0 Å². The molecule has 0 fully saturated rings. The lowest BCUT2D eigenvalue weighted by Crippen LogP contribution is -2.34. The maximum Gasteiger partial charge on any atom is 0.251 e. The molecule has 2 unspecified atom stereocenters. The monoisotopic (exact) mass is 396 g/mol. The average Bonchev–Trinajstić information content (AvgIpc) is 2.76. The third kappa shape index (κ3) is 6.69. The minimum atomic E-state index is -0.388. The Labute approximate surface area is 173 Å². The molecule has 0 radical (unpaired) electrons. The van der Waals surface area contributed by atoms with Crippen molar-refractivity contribution in [3.8, 4) is 0 Å². The summed E-state index contributed by atoms with van der Waals surface area (Å²) in [5.74, 6) is -0.660. The van der Waals surface area contributed by atoms with E-state index in [9.17, 15) is 9.59 Å². The number of nitrogens with one attached hydrogen (secondary N) is 2. The first-order valence-corrected chi connectivity index (χ1v) is 10.2. The zero-order valence-electron chi connectivity index (χ0n) is 17.5. The van der Waals surface area contributed by atoms with Crippen molar-refractivity contribution in [1.82, 2.24) is 10.2 Å². The van der Waals surface area contributed by atoms with E-state index in [1.807, 2.05) is 37.3 Å². The molecule has 0 saturated carbocycles. The molecule has 2 rings (SSSR count). The highest BCUT2D eigenvalue weighted by atomic mass is 16.2. The topological polar surface area (TPSA) is 87.5 Å². The van der Waals surface area contributed by atoms with E-state index in [4.69, 9.17) is 5.73 Å². The number of rotatable bonds is 10. The van der Waals surface area contributed by atoms with Crippen LogP contribution >= 0.6 is 0 Å². The van der Waals surface area contributed by atoms with Crippen molar-refractivity contribution in [2.75, 3.05) is 31.5 Å². The van der Waals surface area contributed by atoms with Gasteiger partial charge in [0.25, 0.3) is 5.91 Å². The van der Waals surface area contributed by atoms with Gasteiger partial charge >= 0.3 is 0 Å². The van der Waals surface area contributed by atoms with Crippen LogP contribution in [0, 0.1) is 5.92 Å². The normalized spacial score (nSPS) is 13.0. The first-order chi connectivity index (χ1) is 14.0. The highest BCUT2D eigenvalue weighted by Crippen LogP contribution is 2.21. The van der Waals surface area contributed by atoms with Crippen LogP contribution in [0.2, 0.25) is 0 Å². The van der Waals surface area contributed by atoms with Gasteiger partial charge in [0, 0.05) is 30.4 Å². The van der Waals surface area contributed by atoms with E-state index in [2.05, 4.69) is 29.4 Å². The summed E-state index contributed by atoms with van der Waals surface area (Å²) in [4.78, 5) is 27.0. The lowest BCUT2D eigenvalue weighted by molar-refractivity contribution is -0.120. The number of benzene rings is 2. The Morgan fingerprint density at radius 2 is 1.62 bits per heavy atom. The van der Waals surface area contributed by atoms with E-state index in [1.54, 1.807) is 24.3 Å². The molecule has 156 valence electrons. The van der Waals surface area contributed by atoms with Gasteiger partial charge in [0.05, 0.1) is 5.92 Å². The molecule has 29 heavy (non-hydrogen) atoms. The number of likely N-dealkylation sites (N-methyl/N-ethyl adjacent to an activating group) is 1. The molecule has 2 aromatic rings. The minimum Gasteiger partial charge on any atom is -0.351 e. The highest BCUT2D eigenvalue weighted by molar-refractivity contribution is 5.96. The Morgan fingerprint density at radius 1 is 1.00 bits per heavy atom. The molecule has 0 aliphatic heterocycles. The van der Waals surface area contributed by atoms with E-state index in [1.165, 1.54) is 0 Å². The van der Waals surface area contributed by atoms with Crippen LogP contribution in [-0.4, -0.2) is 42.9 Å². The number of amides is 2. The van der Waals surface area contributed by atoms with Crippen molar-refractivity contribution in [1.29, 1.82) is 0 Å². The van der Waals surface area contributed by atoms with Crippen LogP contribution in [0.15, 0.2) is 54.6 Å². The van der Waals surface area contributed by atoms with E-state index in [0.717, 1.165) is 25.2 Å². The van der Waals surface area contributed by atoms with Gasteiger partial charge in [-0.25, -0.2) is 0 Å². The summed E-state index contributed by atoms with van der Waals surface area (Å²) in [6, 6.07) is 16.1. The molecular weight excluding hydrogens is 364 g/mol. The second-order valence-electron chi connectivity index (χ2n) is 7.07. The summed E-state index contributed by atoms with van der Waals surface area (Å²) in [6.45, 7) is 9.38. The number of nitrogens with zero attached hydrogens (tertiary/aromatic N) is 1. The van der Waals surface area contributed by atoms with Crippen molar-refractivity contribution in [2.24, 2.45) is 11.7 Å². The molecule has 0 saturated heterocycles. The predicted molar refractivity (Wildman–Crippen MR) is 118 cm³/mol. The van der Waals surface area contributed by atoms with Crippen molar-refractivity contribution in [3.05, 3.63) is 65.7 Å². The Kier molecular flexibility index (Phi) is 8.83. The lowest BCUT2D eigenvalue weighted by Gasteiger charge is -2.20. The molecule has 0 bridgehead atoms. The Morgan fingerprint density at radius 3 is 2.21 bits per heavy atom. The summed E-state index contributed by atoms with van der Waals surface area (Å²) >= 11 is 0. The Balaban J connectivity index is 1.87. The zero-order valence-corrected chi connectivity index (χ0v) is 17.5. The SMILES string of the molecule is CCN(CC)CCNC(=O)c1ccc(NC(=O)C(C)C(N)c2ccccc2)cc1. The Bertz CT molecular complexity index is 773. The van der Waals surface area contributed by atoms with Gasteiger partial charge in [-0.15, -0.1) is 0 Å². The van der Waals surface area contributed by atoms with Crippen LogP contribution in [0.25, 0.3) is 0 Å². The van der Waals surface area contributed by atoms with Gasteiger partial charge in [-0.05, 0) is 42.9 Å². The third-order valence-corrected chi connectivity index (χ3v) is 5.16. The number of anilines is 1. The van der Waals surface area contributed by atoms with Gasteiger partial charge in [0.1, 0.15) is 0 Å². The Hall–Kier alpha value is -2.70. The highest BCUT2D eigenvalue weighted by Gasteiger charge is 2.22. The zero-order chi connectivity index (χ0) is 21.2. The van der Waals surface area contributed by atoms with Gasteiger partial charge in [-0.2, -0.15) is 0 Å². The molecule has 0 aromatic heterocycles. The van der Waals surface area contributed by atoms with Crippen LogP contribution in [0.3, 0.4) is 0 Å². The minimum absolute atomic E-state index is 0.116. The van der Waals surface area contributed by atoms with Gasteiger partial charge < -0.3 is 21.3 Å². The molecule has 2 atom stereocenters. The number of carbonyl (C=O) groups excluding carboxylic acids is 2. The summed E-state index contributed by atoms with van der Waals surface area (Å²) < 4.78 is 0. The molecule has 6 nitrogen and oxygen atoms in total. The first-order valence-electron chi connectivity index (χ1n) is 10.2. The summed E-state index contributed by atoms with van der Waals surface area (Å²) in [5, 5.41) is 5.80. The van der Waals surface area contributed by atoms with Crippen LogP contribution in [0.1, 0.15) is 42.7 Å². The van der Waals surface area contributed by atoms with Crippen molar-refractivity contribution < 1.29 is 9.59 Å². The van der Waals surface area contributed by atoms with E-state index >= 15 is 0 Å². The molecule has 0 heterocycles. The predicted octanol–water partition coefficient (Wildman–Crippen LogP) is 3.03. The maximum absolute atomic E-state index is 12.5. The molecule has 6 heteroatoms. The quantitative estimate of drug-likeness (QED) is 0.576. The largest absolute Gasteiger partial charge is 0.351 e. The summed E-state index contributed by atoms with van der Waals surface area (Å²) in [6.07, 6.45) is 0. The number of hydrogen-bond donors (Lipinski definition) is 3. The molecular formula is C23H32N4O2. The number of hydrogen-bond acceptors (Lipinski definition) is 4. The second kappa shape index (κ2) is 11.3. The fourth-order valence-corrected chi connectivity index (χ4v) is 3.06. The molecule has 0 aliphatic rings. The summed E-state index contributed by atoms with van der Waals surface area (Å²) in [7, 11) is 0. The molecule has 2 amide bonds. The van der Waals surface area contributed by atoms with Crippen LogP contribution in [0.5, 0.6) is 0 Å². The van der Waals surface area contributed by atoms with Gasteiger partial charge in [0.15, 0.2) is 0 Å². The smallest absolute Gasteiger partial charge is 0.251 e. The lowest BCUT2D eigenvalue weighted by atomic mass is 9.94. The van der Waals surface area contributed by atoms with Crippen LogP contribution in [-0.2, 0) is 4.79 Å². The van der Waals surface area contributed by atoms with Gasteiger partial charge in [-0.1, -0.05) is 51.1 Å². The van der Waals surface area contributed by atoms with E-state index < -0.39 is 0 Å².